The van der Waals surface area contributed by atoms with Crippen molar-refractivity contribution in [1.82, 2.24) is 20.3 Å². The first-order valence-corrected chi connectivity index (χ1v) is 10.5. The second-order valence-electron chi connectivity index (χ2n) is 8.29. The van der Waals surface area contributed by atoms with Crippen LogP contribution in [0.2, 0.25) is 0 Å². The van der Waals surface area contributed by atoms with Gasteiger partial charge in [-0.15, -0.1) is 0 Å². The lowest BCUT2D eigenvalue weighted by atomic mass is 9.96. The molecule has 0 atom stereocenters. The summed E-state index contributed by atoms with van der Waals surface area (Å²) in [7, 11) is 0. The Morgan fingerprint density at radius 2 is 1.79 bits per heavy atom. The number of anilines is 2. The number of alkyl halides is 2. The maximum atomic E-state index is 13.8. The van der Waals surface area contributed by atoms with Crippen molar-refractivity contribution in [2.24, 2.45) is 5.41 Å². The number of hydrogen-bond donors (Lipinski definition) is 2. The van der Waals surface area contributed by atoms with E-state index in [0.717, 1.165) is 6.92 Å². The number of Topliss-reactive ketones (excluding diaryl/α,β-unsaturated/α-hetero) is 1. The average molecular weight is 451 g/mol. The number of benzene rings is 1. The van der Waals surface area contributed by atoms with E-state index in [1.165, 1.54) is 31.0 Å². The number of pyridine rings is 1. The van der Waals surface area contributed by atoms with Crippen molar-refractivity contribution in [2.45, 2.75) is 38.7 Å². The molecule has 4 rings (SSSR count). The Labute approximate surface area is 189 Å². The van der Waals surface area contributed by atoms with Crippen molar-refractivity contribution in [3.8, 4) is 0 Å². The summed E-state index contributed by atoms with van der Waals surface area (Å²) in [5.41, 5.74) is 1.06. The number of nitrogens with one attached hydrogen (secondary N) is 2. The van der Waals surface area contributed by atoms with E-state index in [1.807, 2.05) is 0 Å². The summed E-state index contributed by atoms with van der Waals surface area (Å²) in [4.78, 5) is 37.1. The van der Waals surface area contributed by atoms with Gasteiger partial charge < -0.3 is 10.6 Å². The third kappa shape index (κ3) is 5.36. The average Bonchev–Trinajstić information content (AvgIpc) is 3.59. The van der Waals surface area contributed by atoms with E-state index in [1.54, 1.807) is 30.3 Å². The lowest BCUT2D eigenvalue weighted by Crippen LogP contribution is -2.33. The number of amides is 1. The monoisotopic (exact) mass is 451 g/mol. The summed E-state index contributed by atoms with van der Waals surface area (Å²) in [5, 5.41) is 5.82. The second-order valence-corrected chi connectivity index (χ2v) is 8.29. The Morgan fingerprint density at radius 1 is 1.06 bits per heavy atom. The molecule has 1 aromatic carbocycles. The number of halogens is 2. The summed E-state index contributed by atoms with van der Waals surface area (Å²) in [6.45, 7) is 1.05. The minimum atomic E-state index is -2.98. The second kappa shape index (κ2) is 9.01. The van der Waals surface area contributed by atoms with Crippen LogP contribution in [0.25, 0.3) is 0 Å². The molecule has 1 saturated carbocycles. The molecular formula is C24H23F2N5O2. The van der Waals surface area contributed by atoms with Gasteiger partial charge in [-0.25, -0.2) is 18.7 Å². The molecule has 2 N–H and O–H groups in total. The number of carbonyl (C=O) groups is 2. The van der Waals surface area contributed by atoms with Gasteiger partial charge in [-0.1, -0.05) is 18.2 Å². The summed E-state index contributed by atoms with van der Waals surface area (Å²) in [6.07, 6.45) is 7.18. The smallest absolute Gasteiger partial charge is 0.272 e. The van der Waals surface area contributed by atoms with Gasteiger partial charge in [0.05, 0.1) is 35.1 Å². The molecule has 0 spiro atoms. The molecule has 1 fully saturated rings. The van der Waals surface area contributed by atoms with Gasteiger partial charge in [-0.05, 0) is 31.0 Å². The van der Waals surface area contributed by atoms with Crippen LogP contribution in [0.15, 0.2) is 61.3 Å². The predicted molar refractivity (Wildman–Crippen MR) is 118 cm³/mol. The predicted octanol–water partition coefficient (Wildman–Crippen LogP) is 4.40. The Hall–Kier alpha value is -3.75. The van der Waals surface area contributed by atoms with E-state index >= 15 is 0 Å². The van der Waals surface area contributed by atoms with E-state index in [2.05, 4.69) is 25.6 Å². The molecule has 0 bridgehead atoms. The van der Waals surface area contributed by atoms with Crippen molar-refractivity contribution < 1.29 is 18.4 Å². The molecule has 0 saturated heterocycles. The first-order valence-electron chi connectivity index (χ1n) is 10.5. The topological polar surface area (TPSA) is 96.9 Å². The van der Waals surface area contributed by atoms with Crippen molar-refractivity contribution in [3.63, 3.8) is 0 Å². The molecule has 33 heavy (non-hydrogen) atoms. The molecule has 9 heteroatoms. The fraction of sp³-hybridized carbons (Fsp3) is 0.292. The van der Waals surface area contributed by atoms with Crippen molar-refractivity contribution >= 4 is 23.1 Å². The van der Waals surface area contributed by atoms with Gasteiger partial charge in [-0.3, -0.25) is 14.6 Å². The Balaban J connectivity index is 1.34. The van der Waals surface area contributed by atoms with Crippen LogP contribution in [0.5, 0.6) is 0 Å². The molecule has 0 aliphatic heterocycles. The van der Waals surface area contributed by atoms with Crippen LogP contribution in [0, 0.1) is 5.41 Å². The molecule has 1 aliphatic carbocycles. The van der Waals surface area contributed by atoms with Crippen molar-refractivity contribution in [1.29, 1.82) is 0 Å². The Morgan fingerprint density at radius 3 is 2.42 bits per heavy atom. The molecule has 0 radical (unpaired) electrons. The lowest BCUT2D eigenvalue weighted by molar-refractivity contribution is -0.126. The quantitative estimate of drug-likeness (QED) is 0.468. The molecule has 170 valence electrons. The molecule has 3 aromatic rings. The number of aromatic nitrogens is 3. The number of hydrogen-bond acceptors (Lipinski definition) is 6. The van der Waals surface area contributed by atoms with E-state index in [9.17, 15) is 18.4 Å². The fourth-order valence-corrected chi connectivity index (χ4v) is 3.58. The van der Waals surface area contributed by atoms with Crippen molar-refractivity contribution in [2.75, 3.05) is 5.32 Å². The van der Waals surface area contributed by atoms with Gasteiger partial charge in [0.2, 0.25) is 5.91 Å². The Kier molecular flexibility index (Phi) is 6.13. The highest BCUT2D eigenvalue weighted by atomic mass is 19.3. The van der Waals surface area contributed by atoms with Crippen LogP contribution in [-0.4, -0.2) is 26.6 Å². The zero-order chi connectivity index (χ0) is 23.5. The van der Waals surface area contributed by atoms with Gasteiger partial charge in [0.15, 0.2) is 5.78 Å². The Bertz CT molecular complexity index is 1140. The van der Waals surface area contributed by atoms with Gasteiger partial charge in [0.25, 0.3) is 5.92 Å². The third-order valence-corrected chi connectivity index (χ3v) is 5.65. The number of para-hydroxylation sites is 1. The van der Waals surface area contributed by atoms with Crippen LogP contribution >= 0.6 is 0 Å². The minimum Gasteiger partial charge on any atom is -0.354 e. The number of ketones is 1. The zero-order valence-corrected chi connectivity index (χ0v) is 18.0. The third-order valence-electron chi connectivity index (χ3n) is 5.65. The summed E-state index contributed by atoms with van der Waals surface area (Å²) in [6, 6.07) is 9.63. The van der Waals surface area contributed by atoms with Gasteiger partial charge in [0, 0.05) is 37.0 Å². The molecule has 0 unspecified atom stereocenters. The minimum absolute atomic E-state index is 0.104. The summed E-state index contributed by atoms with van der Waals surface area (Å²) >= 11 is 0. The lowest BCUT2D eigenvalue weighted by Gasteiger charge is -2.17. The first-order chi connectivity index (χ1) is 15.8. The van der Waals surface area contributed by atoms with Gasteiger partial charge in [0.1, 0.15) is 6.33 Å². The largest absolute Gasteiger partial charge is 0.354 e. The van der Waals surface area contributed by atoms with E-state index in [4.69, 9.17) is 0 Å². The van der Waals surface area contributed by atoms with Crippen LogP contribution in [0.4, 0.5) is 20.2 Å². The number of carbonyl (C=O) groups excluding carboxylic acids is 2. The highest BCUT2D eigenvalue weighted by Crippen LogP contribution is 2.49. The molecular weight excluding hydrogens is 428 g/mol. The molecule has 7 nitrogen and oxygen atoms in total. The molecule has 1 aliphatic rings. The standard InChI is InChI=1S/C24H23F2N5O2/c1-23(25,26)19-4-2-3-5-20(19)31-18-7-6-17(29-14-18)13-30-22(33)24(8-9-24)10-21(32)16-11-27-15-28-12-16/h2-7,11-12,14-15,31H,8-10,13H2,1H3,(H,30,33). The van der Waals surface area contributed by atoms with E-state index in [-0.39, 0.29) is 30.2 Å². The van der Waals surface area contributed by atoms with Crippen LogP contribution in [-0.2, 0) is 17.3 Å². The maximum absolute atomic E-state index is 13.8. The number of rotatable bonds is 9. The van der Waals surface area contributed by atoms with Crippen LogP contribution < -0.4 is 10.6 Å². The van der Waals surface area contributed by atoms with Crippen LogP contribution in [0.3, 0.4) is 0 Å². The maximum Gasteiger partial charge on any atom is 0.272 e. The van der Waals surface area contributed by atoms with Crippen molar-refractivity contribution in [3.05, 3.63) is 78.1 Å². The highest BCUT2D eigenvalue weighted by Gasteiger charge is 2.51. The first kappa shape index (κ1) is 22.4. The summed E-state index contributed by atoms with van der Waals surface area (Å²) < 4.78 is 27.6. The van der Waals surface area contributed by atoms with E-state index in [0.29, 0.717) is 35.5 Å². The fourth-order valence-electron chi connectivity index (χ4n) is 3.58. The SMILES string of the molecule is CC(F)(F)c1ccccc1Nc1ccc(CNC(=O)C2(CC(=O)c3cncnc3)CC2)nc1. The number of nitrogens with zero attached hydrogens (tertiary/aromatic N) is 3. The normalized spacial score (nSPS) is 14.4. The summed E-state index contributed by atoms with van der Waals surface area (Å²) in [5.74, 6) is -3.32. The van der Waals surface area contributed by atoms with Crippen LogP contribution in [0.1, 0.15) is 47.8 Å². The zero-order valence-electron chi connectivity index (χ0n) is 18.0. The van der Waals surface area contributed by atoms with Gasteiger partial charge >= 0.3 is 0 Å². The highest BCUT2D eigenvalue weighted by molar-refractivity contribution is 6.00. The van der Waals surface area contributed by atoms with Gasteiger partial charge in [-0.2, -0.15) is 0 Å². The molecule has 2 heterocycles. The van der Waals surface area contributed by atoms with E-state index < -0.39 is 11.3 Å². The molecule has 2 aromatic heterocycles. The molecule has 1 amide bonds.